The summed E-state index contributed by atoms with van der Waals surface area (Å²) in [6, 6.07) is 13.2. The topological polar surface area (TPSA) is 83.4 Å². The molecule has 1 unspecified atom stereocenters. The molecule has 0 radical (unpaired) electrons. The van der Waals surface area contributed by atoms with Gasteiger partial charge in [0.15, 0.2) is 5.13 Å². The number of carbonyl (C=O) groups is 2. The quantitative estimate of drug-likeness (QED) is 0.237. The lowest BCUT2D eigenvalue weighted by molar-refractivity contribution is -0.132. The largest absolute Gasteiger partial charge is 0.507 e. The zero-order valence-corrected chi connectivity index (χ0v) is 19.3. The molecule has 5 rings (SSSR count). The molecule has 0 bridgehead atoms. The number of aliphatic hydroxyl groups excluding tert-OH is 1. The zero-order chi connectivity index (χ0) is 23.3. The lowest BCUT2D eigenvalue weighted by Crippen LogP contribution is -2.29. The number of benzene rings is 2. The molecule has 1 aliphatic heterocycles. The zero-order valence-electron chi connectivity index (χ0n) is 17.7. The van der Waals surface area contributed by atoms with Crippen molar-refractivity contribution in [1.82, 2.24) is 9.97 Å². The Hall–Kier alpha value is -3.55. The van der Waals surface area contributed by atoms with Gasteiger partial charge < -0.3 is 5.11 Å². The summed E-state index contributed by atoms with van der Waals surface area (Å²) >= 11 is 7.58. The van der Waals surface area contributed by atoms with Gasteiger partial charge in [0.2, 0.25) is 0 Å². The van der Waals surface area contributed by atoms with E-state index in [4.69, 9.17) is 16.6 Å². The maximum absolute atomic E-state index is 13.3. The highest BCUT2D eigenvalue weighted by atomic mass is 35.5. The Morgan fingerprint density at radius 2 is 1.85 bits per heavy atom. The van der Waals surface area contributed by atoms with Crippen molar-refractivity contribution in [2.24, 2.45) is 0 Å². The molecule has 1 saturated heterocycles. The van der Waals surface area contributed by atoms with Crippen LogP contribution in [0.15, 0.2) is 66.5 Å². The monoisotopic (exact) mass is 475 g/mol. The first-order valence-corrected chi connectivity index (χ1v) is 11.4. The highest BCUT2D eigenvalue weighted by Crippen LogP contribution is 2.45. The molecule has 1 aliphatic rings. The first kappa shape index (κ1) is 21.3. The van der Waals surface area contributed by atoms with Crippen LogP contribution in [0.1, 0.15) is 28.3 Å². The molecule has 1 fully saturated rings. The van der Waals surface area contributed by atoms with Crippen LogP contribution < -0.4 is 4.90 Å². The van der Waals surface area contributed by atoms with Crippen molar-refractivity contribution >= 4 is 55.7 Å². The maximum atomic E-state index is 13.3. The van der Waals surface area contributed by atoms with Gasteiger partial charge >= 0.3 is 5.91 Å². The summed E-state index contributed by atoms with van der Waals surface area (Å²) in [7, 11) is 0. The number of rotatable bonds is 3. The molecule has 0 spiro atoms. The molecule has 2 aromatic heterocycles. The number of amides is 1. The van der Waals surface area contributed by atoms with Gasteiger partial charge in [0.1, 0.15) is 5.76 Å². The van der Waals surface area contributed by atoms with Crippen LogP contribution in [0.5, 0.6) is 0 Å². The van der Waals surface area contributed by atoms with Crippen molar-refractivity contribution < 1.29 is 14.7 Å². The van der Waals surface area contributed by atoms with E-state index in [-0.39, 0.29) is 11.3 Å². The Bertz CT molecular complexity index is 1460. The summed E-state index contributed by atoms with van der Waals surface area (Å²) < 4.78 is 0.920. The van der Waals surface area contributed by atoms with E-state index in [1.54, 1.807) is 36.4 Å². The SMILES string of the molecule is Cc1cc(C)c2nc(N3C(=O)C(=O)C(=C(O)c4ccncc4)C3c3cccc(Cl)c3)sc2c1. The summed E-state index contributed by atoms with van der Waals surface area (Å²) in [6.07, 6.45) is 3.02. The number of halogens is 1. The molecule has 0 aliphatic carbocycles. The first-order chi connectivity index (χ1) is 15.8. The number of pyridine rings is 1. The predicted molar refractivity (Wildman–Crippen MR) is 130 cm³/mol. The Kier molecular flexibility index (Phi) is 5.23. The Morgan fingerprint density at radius 3 is 2.58 bits per heavy atom. The van der Waals surface area contributed by atoms with Crippen LogP contribution in [0.4, 0.5) is 5.13 Å². The molecule has 4 aromatic rings. The number of anilines is 1. The molecule has 33 heavy (non-hydrogen) atoms. The minimum atomic E-state index is -0.876. The van der Waals surface area contributed by atoms with Gasteiger partial charge in [0.05, 0.1) is 21.8 Å². The predicted octanol–water partition coefficient (Wildman–Crippen LogP) is 5.59. The second-order valence-electron chi connectivity index (χ2n) is 7.88. The van der Waals surface area contributed by atoms with Crippen LogP contribution in [0.2, 0.25) is 5.02 Å². The fourth-order valence-electron chi connectivity index (χ4n) is 4.15. The summed E-state index contributed by atoms with van der Waals surface area (Å²) in [5, 5.41) is 11.9. The van der Waals surface area contributed by atoms with E-state index < -0.39 is 17.7 Å². The van der Waals surface area contributed by atoms with Crippen LogP contribution in [0, 0.1) is 13.8 Å². The lowest BCUT2D eigenvalue weighted by Gasteiger charge is -2.23. The number of nitrogens with zero attached hydrogens (tertiary/aromatic N) is 3. The molecule has 3 heterocycles. The van der Waals surface area contributed by atoms with Crippen LogP contribution >= 0.6 is 22.9 Å². The van der Waals surface area contributed by atoms with Gasteiger partial charge in [-0.1, -0.05) is 41.1 Å². The molecule has 164 valence electrons. The third-order valence-corrected chi connectivity index (χ3v) is 6.82. The highest BCUT2D eigenvalue weighted by Gasteiger charge is 2.48. The Balaban J connectivity index is 1.76. The molecule has 1 N–H and O–H groups in total. The number of hydrogen-bond donors (Lipinski definition) is 1. The summed E-state index contributed by atoms with van der Waals surface area (Å²) in [4.78, 5) is 36.6. The first-order valence-electron chi connectivity index (χ1n) is 10.2. The number of fused-ring (bicyclic) bond motifs is 1. The number of thiazole rings is 1. The number of hydrogen-bond acceptors (Lipinski definition) is 6. The van der Waals surface area contributed by atoms with E-state index in [2.05, 4.69) is 4.98 Å². The number of Topliss-reactive ketones (excluding diaryl/α,β-unsaturated/α-hetero) is 1. The molecule has 0 saturated carbocycles. The number of aromatic nitrogens is 2. The van der Waals surface area contributed by atoms with Gasteiger partial charge in [0, 0.05) is 23.0 Å². The Labute approximate surface area is 198 Å². The van der Waals surface area contributed by atoms with Crippen molar-refractivity contribution in [3.05, 3.63) is 93.8 Å². The van der Waals surface area contributed by atoms with Crippen LogP contribution in [-0.2, 0) is 9.59 Å². The summed E-state index contributed by atoms with van der Waals surface area (Å²) in [5.41, 5.74) is 3.83. The average molecular weight is 476 g/mol. The van der Waals surface area contributed by atoms with Gasteiger partial charge in [-0.15, -0.1) is 0 Å². The van der Waals surface area contributed by atoms with E-state index in [9.17, 15) is 14.7 Å². The molecule has 1 atom stereocenters. The minimum Gasteiger partial charge on any atom is -0.507 e. The van der Waals surface area contributed by atoms with Crippen LogP contribution in [-0.4, -0.2) is 26.8 Å². The van der Waals surface area contributed by atoms with Gasteiger partial charge in [0.25, 0.3) is 5.78 Å². The van der Waals surface area contributed by atoms with Gasteiger partial charge in [-0.05, 0) is 60.9 Å². The second-order valence-corrected chi connectivity index (χ2v) is 9.33. The van der Waals surface area contributed by atoms with E-state index in [0.717, 1.165) is 21.3 Å². The summed E-state index contributed by atoms with van der Waals surface area (Å²) in [6.45, 7) is 3.96. The normalized spacial score (nSPS) is 17.8. The molecule has 1 amide bonds. The standard InChI is InChI=1S/C25H18ClN3O3S/c1-13-10-14(2)20-18(11-13)33-25(28-20)29-21(16-4-3-5-17(26)12-16)19(23(31)24(29)32)22(30)15-6-8-27-9-7-15/h3-12,21,30H,1-2H3. The average Bonchev–Trinajstić information content (AvgIpc) is 3.33. The molecule has 2 aromatic carbocycles. The molecule has 6 nitrogen and oxygen atoms in total. The van der Waals surface area contributed by atoms with Gasteiger partial charge in [-0.3, -0.25) is 19.5 Å². The molecular weight excluding hydrogens is 458 g/mol. The number of ketones is 1. The van der Waals surface area contributed by atoms with Gasteiger partial charge in [-0.25, -0.2) is 4.98 Å². The molecular formula is C25H18ClN3O3S. The van der Waals surface area contributed by atoms with E-state index in [0.29, 0.717) is 21.3 Å². The van der Waals surface area contributed by atoms with Crippen molar-refractivity contribution in [2.75, 3.05) is 4.90 Å². The van der Waals surface area contributed by atoms with E-state index in [1.165, 1.54) is 28.6 Å². The number of carbonyl (C=O) groups excluding carboxylic acids is 2. The van der Waals surface area contributed by atoms with Crippen molar-refractivity contribution in [3.8, 4) is 0 Å². The highest BCUT2D eigenvalue weighted by molar-refractivity contribution is 7.22. The smallest absolute Gasteiger partial charge is 0.301 e. The Morgan fingerprint density at radius 1 is 1.09 bits per heavy atom. The van der Waals surface area contributed by atoms with Crippen LogP contribution in [0.3, 0.4) is 0 Å². The van der Waals surface area contributed by atoms with Crippen molar-refractivity contribution in [3.63, 3.8) is 0 Å². The second kappa shape index (κ2) is 8.10. The van der Waals surface area contributed by atoms with Gasteiger partial charge in [-0.2, -0.15) is 0 Å². The number of aliphatic hydroxyl groups is 1. The number of aryl methyl sites for hydroxylation is 2. The minimum absolute atomic E-state index is 0.0133. The van der Waals surface area contributed by atoms with Crippen LogP contribution in [0.25, 0.3) is 16.0 Å². The van der Waals surface area contributed by atoms with Crippen molar-refractivity contribution in [1.29, 1.82) is 0 Å². The van der Waals surface area contributed by atoms with E-state index >= 15 is 0 Å². The summed E-state index contributed by atoms with van der Waals surface area (Å²) in [5.74, 6) is -1.79. The third kappa shape index (κ3) is 3.59. The third-order valence-electron chi connectivity index (χ3n) is 5.59. The van der Waals surface area contributed by atoms with Crippen molar-refractivity contribution in [2.45, 2.75) is 19.9 Å². The maximum Gasteiger partial charge on any atom is 0.301 e. The molecule has 8 heteroatoms. The van der Waals surface area contributed by atoms with E-state index in [1.807, 2.05) is 26.0 Å². The fourth-order valence-corrected chi connectivity index (χ4v) is 5.52. The fraction of sp³-hybridized carbons (Fsp3) is 0.120. The lowest BCUT2D eigenvalue weighted by atomic mass is 9.96.